The van der Waals surface area contributed by atoms with Crippen molar-refractivity contribution in [3.63, 3.8) is 0 Å². The lowest BCUT2D eigenvalue weighted by Gasteiger charge is -2.18. The molecule has 6 nitrogen and oxygen atoms in total. The molecule has 1 unspecified atom stereocenters. The summed E-state index contributed by atoms with van der Waals surface area (Å²) in [5.41, 5.74) is 0.132. The number of benzene rings is 1. The van der Waals surface area contributed by atoms with Crippen LogP contribution in [0.4, 0.5) is 10.1 Å². The number of nitriles is 1. The molecule has 0 N–H and O–H groups in total. The molecule has 0 saturated heterocycles. The molecule has 27 heavy (non-hydrogen) atoms. The molecule has 2 amide bonds. The number of ether oxygens (including phenoxy) is 1. The number of hydrogen-bond acceptors (Lipinski definition) is 5. The number of halogens is 1. The van der Waals surface area contributed by atoms with Crippen molar-refractivity contribution < 1.29 is 23.5 Å². The quantitative estimate of drug-likeness (QED) is 0.599. The molecule has 1 aromatic carbocycles. The van der Waals surface area contributed by atoms with Crippen molar-refractivity contribution in [3.05, 3.63) is 40.2 Å². The molecular weight excluding hydrogens is 351 g/mol. The minimum absolute atomic E-state index is 0.167. The summed E-state index contributed by atoms with van der Waals surface area (Å²) in [4.78, 5) is 38.5. The summed E-state index contributed by atoms with van der Waals surface area (Å²) in [7, 11) is 0. The van der Waals surface area contributed by atoms with Gasteiger partial charge in [0.15, 0.2) is 0 Å². The van der Waals surface area contributed by atoms with Gasteiger partial charge in [0.1, 0.15) is 11.9 Å². The highest BCUT2D eigenvalue weighted by molar-refractivity contribution is 6.33. The molecule has 0 spiro atoms. The van der Waals surface area contributed by atoms with E-state index in [2.05, 4.69) is 0 Å². The lowest BCUT2D eigenvalue weighted by Crippen LogP contribution is -2.32. The normalized spacial score (nSPS) is 17.6. The van der Waals surface area contributed by atoms with Crippen molar-refractivity contribution in [3.8, 4) is 6.07 Å². The van der Waals surface area contributed by atoms with Gasteiger partial charge in [-0.25, -0.2) is 14.1 Å². The fourth-order valence-electron chi connectivity index (χ4n) is 3.28. The summed E-state index contributed by atoms with van der Waals surface area (Å²) in [5, 5.41) is 9.23. The molecule has 0 bridgehead atoms. The van der Waals surface area contributed by atoms with Crippen molar-refractivity contribution in [1.29, 1.82) is 5.26 Å². The van der Waals surface area contributed by atoms with E-state index < -0.39 is 23.6 Å². The molecule has 0 radical (unpaired) electrons. The van der Waals surface area contributed by atoms with Crippen LogP contribution in [0.2, 0.25) is 0 Å². The maximum absolute atomic E-state index is 14.6. The third-order valence-electron chi connectivity index (χ3n) is 4.94. The lowest BCUT2D eigenvalue weighted by molar-refractivity contribution is -0.120. The summed E-state index contributed by atoms with van der Waals surface area (Å²) >= 11 is 0. The molecular formula is C20H19FN2O4. The number of carbonyl (C=O) groups excluding carboxylic acids is 3. The van der Waals surface area contributed by atoms with E-state index >= 15 is 0 Å². The summed E-state index contributed by atoms with van der Waals surface area (Å²) < 4.78 is 19.8. The summed E-state index contributed by atoms with van der Waals surface area (Å²) in [6.07, 6.45) is 2.75. The number of nitrogens with zero attached hydrogens (tertiary/aromatic N) is 2. The molecule has 1 heterocycles. The molecule has 1 aromatic rings. The van der Waals surface area contributed by atoms with Gasteiger partial charge in [-0.05, 0) is 51.2 Å². The maximum atomic E-state index is 14.6. The number of carbonyl (C=O) groups is 3. The molecule has 0 aromatic heterocycles. The number of anilines is 1. The van der Waals surface area contributed by atoms with E-state index in [1.165, 1.54) is 0 Å². The van der Waals surface area contributed by atoms with Gasteiger partial charge in [-0.2, -0.15) is 5.26 Å². The Hall–Kier alpha value is -3.01. The Morgan fingerprint density at radius 1 is 1.26 bits per heavy atom. The molecule has 1 atom stereocenters. The van der Waals surface area contributed by atoms with Crippen LogP contribution in [0, 0.1) is 17.1 Å². The van der Waals surface area contributed by atoms with Crippen LogP contribution in [-0.2, 0) is 14.3 Å². The van der Waals surface area contributed by atoms with Crippen molar-refractivity contribution in [2.75, 3.05) is 4.90 Å². The first-order valence-electron chi connectivity index (χ1n) is 8.94. The Bertz CT molecular complexity index is 885. The van der Waals surface area contributed by atoms with E-state index in [1.54, 1.807) is 13.0 Å². The number of esters is 1. The monoisotopic (exact) mass is 370 g/mol. The first-order valence-corrected chi connectivity index (χ1v) is 8.94. The topological polar surface area (TPSA) is 87.5 Å². The second-order valence-corrected chi connectivity index (χ2v) is 6.70. The van der Waals surface area contributed by atoms with Crippen LogP contribution in [0.3, 0.4) is 0 Å². The van der Waals surface area contributed by atoms with Gasteiger partial charge in [0.25, 0.3) is 11.8 Å². The molecule has 7 heteroatoms. The maximum Gasteiger partial charge on any atom is 0.339 e. The van der Waals surface area contributed by atoms with Gasteiger partial charge in [0.2, 0.25) is 0 Å². The second-order valence-electron chi connectivity index (χ2n) is 6.70. The van der Waals surface area contributed by atoms with Gasteiger partial charge in [-0.3, -0.25) is 9.59 Å². The van der Waals surface area contributed by atoms with Gasteiger partial charge in [-0.15, -0.1) is 0 Å². The number of hydrogen-bond donors (Lipinski definition) is 0. The number of rotatable bonds is 4. The van der Waals surface area contributed by atoms with Crippen LogP contribution in [0.1, 0.15) is 61.9 Å². The van der Waals surface area contributed by atoms with E-state index in [9.17, 15) is 24.0 Å². The Kier molecular flexibility index (Phi) is 5.08. The third-order valence-corrected chi connectivity index (χ3v) is 4.94. The smallest absolute Gasteiger partial charge is 0.339 e. The first-order chi connectivity index (χ1) is 12.9. The Labute approximate surface area is 156 Å². The zero-order chi connectivity index (χ0) is 19.7. The van der Waals surface area contributed by atoms with Crippen molar-refractivity contribution >= 4 is 23.5 Å². The van der Waals surface area contributed by atoms with Gasteiger partial charge in [-0.1, -0.05) is 6.92 Å². The number of amides is 2. The van der Waals surface area contributed by atoms with E-state index in [0.29, 0.717) is 30.4 Å². The van der Waals surface area contributed by atoms with Crippen LogP contribution >= 0.6 is 0 Å². The summed E-state index contributed by atoms with van der Waals surface area (Å²) in [6, 6.07) is 3.68. The third kappa shape index (κ3) is 3.23. The first kappa shape index (κ1) is 18.8. The zero-order valence-electron chi connectivity index (χ0n) is 15.2. The van der Waals surface area contributed by atoms with Crippen LogP contribution in [0.15, 0.2) is 23.3 Å². The predicted molar refractivity (Wildman–Crippen MR) is 94.3 cm³/mol. The molecule has 140 valence electrons. The van der Waals surface area contributed by atoms with Crippen molar-refractivity contribution in [1.82, 2.24) is 0 Å². The van der Waals surface area contributed by atoms with E-state index in [-0.39, 0.29) is 22.9 Å². The van der Waals surface area contributed by atoms with Gasteiger partial charge < -0.3 is 4.74 Å². The fourth-order valence-corrected chi connectivity index (χ4v) is 3.28. The van der Waals surface area contributed by atoms with E-state index in [1.807, 2.05) is 6.92 Å². The highest BCUT2D eigenvalue weighted by Crippen LogP contribution is 2.37. The Balaban J connectivity index is 2.03. The van der Waals surface area contributed by atoms with Crippen LogP contribution in [0.25, 0.3) is 0 Å². The Morgan fingerprint density at radius 3 is 2.37 bits per heavy atom. The minimum Gasteiger partial charge on any atom is -0.459 e. The van der Waals surface area contributed by atoms with Gasteiger partial charge in [0, 0.05) is 11.1 Å². The highest BCUT2D eigenvalue weighted by Gasteiger charge is 2.41. The molecule has 1 aliphatic carbocycles. The number of imide groups is 1. The van der Waals surface area contributed by atoms with Crippen molar-refractivity contribution in [2.45, 2.75) is 52.1 Å². The molecule has 1 aliphatic heterocycles. The largest absolute Gasteiger partial charge is 0.459 e. The second kappa shape index (κ2) is 7.31. The SMILES string of the molecule is CCC(C)OC(=O)c1cc(N2C(=O)C3=C(CCCC3)C2=O)c(F)cc1C#N. The average molecular weight is 370 g/mol. The summed E-state index contributed by atoms with van der Waals surface area (Å²) in [6.45, 7) is 3.52. The highest BCUT2D eigenvalue weighted by atomic mass is 19.1. The lowest BCUT2D eigenvalue weighted by atomic mass is 9.93. The molecule has 2 aliphatic rings. The van der Waals surface area contributed by atoms with E-state index in [4.69, 9.17) is 4.74 Å². The minimum atomic E-state index is -0.909. The van der Waals surface area contributed by atoms with Gasteiger partial charge in [0.05, 0.1) is 22.9 Å². The summed E-state index contributed by atoms with van der Waals surface area (Å²) in [5.74, 6) is -2.81. The van der Waals surface area contributed by atoms with E-state index in [0.717, 1.165) is 29.9 Å². The zero-order valence-corrected chi connectivity index (χ0v) is 15.2. The van der Waals surface area contributed by atoms with Crippen LogP contribution in [0.5, 0.6) is 0 Å². The fraction of sp³-hybridized carbons (Fsp3) is 0.400. The Morgan fingerprint density at radius 2 is 1.85 bits per heavy atom. The van der Waals surface area contributed by atoms with Crippen molar-refractivity contribution in [2.24, 2.45) is 0 Å². The van der Waals surface area contributed by atoms with Gasteiger partial charge >= 0.3 is 5.97 Å². The van der Waals surface area contributed by atoms with Crippen LogP contribution < -0.4 is 4.90 Å². The molecule has 3 rings (SSSR count). The predicted octanol–water partition coefficient (Wildman–Crippen LogP) is 3.40. The average Bonchev–Trinajstić information content (AvgIpc) is 2.92. The van der Waals surface area contributed by atoms with Crippen LogP contribution in [-0.4, -0.2) is 23.9 Å². The molecule has 0 fully saturated rings. The standard InChI is InChI=1S/C20H19FN2O4/c1-3-11(2)27-20(26)15-9-17(16(21)8-12(15)10-22)23-18(24)13-6-4-5-7-14(13)19(23)25/h8-9,11H,3-7H2,1-2H3. The molecule has 0 saturated carbocycles.